The lowest BCUT2D eigenvalue weighted by atomic mass is 10.5. The van der Waals surface area contributed by atoms with Crippen LogP contribution in [0.15, 0.2) is 23.2 Å². The molecule has 1 atom stereocenters. The van der Waals surface area contributed by atoms with E-state index in [9.17, 15) is 4.21 Å². The van der Waals surface area contributed by atoms with Crippen LogP contribution >= 0.6 is 22.6 Å². The largest absolute Gasteiger partial charge is 0.249 e. The van der Waals surface area contributed by atoms with Gasteiger partial charge in [-0.1, -0.05) is 0 Å². The monoisotopic (exact) mass is 310 g/mol. The molecule has 0 bridgehead atoms. The summed E-state index contributed by atoms with van der Waals surface area (Å²) in [5.74, 6) is 0. The number of nitrogens with one attached hydrogen (secondary N) is 1. The van der Waals surface area contributed by atoms with Crippen molar-refractivity contribution in [2.75, 3.05) is 0 Å². The van der Waals surface area contributed by atoms with Gasteiger partial charge in [-0.25, -0.2) is 14.0 Å². The van der Waals surface area contributed by atoms with Gasteiger partial charge in [0, 0.05) is 11.4 Å². The van der Waals surface area contributed by atoms with E-state index in [0.717, 1.165) is 3.70 Å². The lowest BCUT2D eigenvalue weighted by molar-refractivity contribution is 0.667. The first-order valence-electron chi connectivity index (χ1n) is 3.84. The standard InChI is InChI=1S/C8H11IN2OS/c1-6(2)13(10,12)7-3-4-8(9)11-5-7/h3-6,10H,1-2H3. The lowest BCUT2D eigenvalue weighted by Gasteiger charge is -2.10. The molecule has 0 aliphatic rings. The van der Waals surface area contributed by atoms with E-state index in [-0.39, 0.29) is 5.25 Å². The van der Waals surface area contributed by atoms with Crippen LogP contribution in [0.25, 0.3) is 0 Å². The normalized spacial score (nSPS) is 15.7. The molecule has 0 spiro atoms. The Hall–Kier alpha value is -0.170. The van der Waals surface area contributed by atoms with Gasteiger partial charge < -0.3 is 0 Å². The molecule has 0 aliphatic heterocycles. The Kier molecular flexibility index (Phi) is 3.28. The minimum atomic E-state index is -2.66. The van der Waals surface area contributed by atoms with Crippen molar-refractivity contribution < 1.29 is 4.21 Å². The maximum atomic E-state index is 11.8. The molecule has 0 fully saturated rings. The van der Waals surface area contributed by atoms with Crippen molar-refractivity contribution in [2.45, 2.75) is 24.0 Å². The van der Waals surface area contributed by atoms with Gasteiger partial charge in [-0.3, -0.25) is 0 Å². The molecule has 1 aromatic rings. The Morgan fingerprint density at radius 2 is 2.15 bits per heavy atom. The molecule has 1 rings (SSSR count). The van der Waals surface area contributed by atoms with E-state index >= 15 is 0 Å². The summed E-state index contributed by atoms with van der Waals surface area (Å²) in [6.07, 6.45) is 1.52. The van der Waals surface area contributed by atoms with Crippen molar-refractivity contribution in [1.29, 1.82) is 4.78 Å². The topological polar surface area (TPSA) is 53.8 Å². The smallest absolute Gasteiger partial charge is 0.101 e. The third-order valence-electron chi connectivity index (χ3n) is 1.71. The fraction of sp³-hybridized carbons (Fsp3) is 0.375. The van der Waals surface area contributed by atoms with Gasteiger partial charge in [0.05, 0.1) is 14.6 Å². The van der Waals surface area contributed by atoms with E-state index in [2.05, 4.69) is 27.6 Å². The highest BCUT2D eigenvalue weighted by Crippen LogP contribution is 2.16. The maximum absolute atomic E-state index is 11.8. The predicted octanol–water partition coefficient (Wildman–Crippen LogP) is 2.50. The minimum Gasteiger partial charge on any atom is -0.249 e. The van der Waals surface area contributed by atoms with E-state index in [1.54, 1.807) is 26.0 Å². The van der Waals surface area contributed by atoms with Crippen molar-refractivity contribution in [2.24, 2.45) is 0 Å². The van der Waals surface area contributed by atoms with Crippen LogP contribution in [0, 0.1) is 8.48 Å². The Bertz CT molecular complexity index is 383. The van der Waals surface area contributed by atoms with Gasteiger partial charge in [-0.2, -0.15) is 0 Å². The molecule has 72 valence electrons. The Labute approximate surface area is 92.1 Å². The van der Waals surface area contributed by atoms with E-state index in [1.165, 1.54) is 6.20 Å². The fourth-order valence-corrected chi connectivity index (χ4v) is 2.16. The van der Waals surface area contributed by atoms with Crippen molar-refractivity contribution >= 4 is 32.3 Å². The van der Waals surface area contributed by atoms with Gasteiger partial charge in [0.1, 0.15) is 3.70 Å². The fourth-order valence-electron chi connectivity index (χ4n) is 0.814. The molecule has 0 amide bonds. The average molecular weight is 310 g/mol. The number of rotatable bonds is 2. The zero-order valence-corrected chi connectivity index (χ0v) is 10.4. The van der Waals surface area contributed by atoms with Crippen LogP contribution in [0.1, 0.15) is 13.8 Å². The molecule has 3 nitrogen and oxygen atoms in total. The number of hydrogen-bond acceptors (Lipinski definition) is 3. The van der Waals surface area contributed by atoms with Gasteiger partial charge in [-0.15, -0.1) is 0 Å². The summed E-state index contributed by atoms with van der Waals surface area (Å²) in [7, 11) is -2.66. The van der Waals surface area contributed by atoms with Crippen LogP contribution in [-0.4, -0.2) is 14.4 Å². The highest BCUT2D eigenvalue weighted by molar-refractivity contribution is 14.1. The summed E-state index contributed by atoms with van der Waals surface area (Å²) >= 11 is 2.08. The lowest BCUT2D eigenvalue weighted by Crippen LogP contribution is -2.12. The highest BCUT2D eigenvalue weighted by atomic mass is 127. The van der Waals surface area contributed by atoms with E-state index < -0.39 is 9.73 Å². The molecule has 0 saturated heterocycles. The zero-order chi connectivity index (χ0) is 10.1. The zero-order valence-electron chi connectivity index (χ0n) is 7.45. The van der Waals surface area contributed by atoms with E-state index in [4.69, 9.17) is 4.78 Å². The second-order valence-electron chi connectivity index (χ2n) is 2.97. The molecule has 0 aromatic carbocycles. The Balaban J connectivity index is 3.17. The first-order valence-corrected chi connectivity index (χ1v) is 6.54. The molecular weight excluding hydrogens is 299 g/mol. The molecule has 0 radical (unpaired) electrons. The molecule has 1 unspecified atom stereocenters. The summed E-state index contributed by atoms with van der Waals surface area (Å²) < 4.78 is 20.3. The third kappa shape index (κ3) is 2.40. The van der Waals surface area contributed by atoms with Crippen molar-refractivity contribution in [3.63, 3.8) is 0 Å². The maximum Gasteiger partial charge on any atom is 0.101 e. The first kappa shape index (κ1) is 10.9. The number of halogens is 1. The number of aromatic nitrogens is 1. The van der Waals surface area contributed by atoms with Crippen molar-refractivity contribution in [1.82, 2.24) is 4.98 Å². The van der Waals surface area contributed by atoms with Crippen LogP contribution in [-0.2, 0) is 9.73 Å². The highest BCUT2D eigenvalue weighted by Gasteiger charge is 2.14. The number of hydrogen-bond donors (Lipinski definition) is 1. The van der Waals surface area contributed by atoms with Crippen molar-refractivity contribution in [3.05, 3.63) is 22.0 Å². The second kappa shape index (κ2) is 3.91. The molecule has 0 aliphatic carbocycles. The predicted molar refractivity (Wildman–Crippen MR) is 61.2 cm³/mol. The minimum absolute atomic E-state index is 0.172. The molecule has 1 heterocycles. The average Bonchev–Trinajstić information content (AvgIpc) is 2.04. The van der Waals surface area contributed by atoms with Crippen LogP contribution < -0.4 is 0 Å². The summed E-state index contributed by atoms with van der Waals surface area (Å²) in [5, 5.41) is -0.172. The molecule has 5 heteroatoms. The van der Waals surface area contributed by atoms with Crippen LogP contribution in [0.4, 0.5) is 0 Å². The Morgan fingerprint density at radius 3 is 2.54 bits per heavy atom. The molecule has 1 N–H and O–H groups in total. The molecular formula is C8H11IN2OS. The van der Waals surface area contributed by atoms with Crippen LogP contribution in [0.5, 0.6) is 0 Å². The van der Waals surface area contributed by atoms with Gasteiger partial charge in [0.15, 0.2) is 0 Å². The van der Waals surface area contributed by atoms with Gasteiger partial charge >= 0.3 is 0 Å². The van der Waals surface area contributed by atoms with Gasteiger partial charge in [0.2, 0.25) is 0 Å². The first-order chi connectivity index (χ1) is 5.94. The molecule has 0 saturated carbocycles. The van der Waals surface area contributed by atoms with Gasteiger partial charge in [-0.05, 0) is 48.6 Å². The summed E-state index contributed by atoms with van der Waals surface area (Å²) in [5.41, 5.74) is 0. The summed E-state index contributed by atoms with van der Waals surface area (Å²) in [6.45, 7) is 3.57. The summed E-state index contributed by atoms with van der Waals surface area (Å²) in [4.78, 5) is 4.53. The van der Waals surface area contributed by atoms with E-state index in [0.29, 0.717) is 4.90 Å². The van der Waals surface area contributed by atoms with E-state index in [1.807, 2.05) is 0 Å². The Morgan fingerprint density at radius 1 is 1.54 bits per heavy atom. The van der Waals surface area contributed by atoms with Gasteiger partial charge in [0.25, 0.3) is 0 Å². The molecule has 1 aromatic heterocycles. The summed E-state index contributed by atoms with van der Waals surface area (Å²) in [6, 6.07) is 3.48. The third-order valence-corrected chi connectivity index (χ3v) is 4.62. The quantitative estimate of drug-likeness (QED) is 0.674. The SMILES string of the molecule is CC(C)S(=N)(=O)c1ccc(I)nc1. The van der Waals surface area contributed by atoms with Crippen LogP contribution in [0.2, 0.25) is 0 Å². The van der Waals surface area contributed by atoms with Crippen LogP contribution in [0.3, 0.4) is 0 Å². The second-order valence-corrected chi connectivity index (χ2v) is 6.69. The number of pyridine rings is 1. The van der Waals surface area contributed by atoms with Crippen molar-refractivity contribution in [3.8, 4) is 0 Å². The molecule has 13 heavy (non-hydrogen) atoms. The number of nitrogens with zero attached hydrogens (tertiary/aromatic N) is 1.